The molecule has 0 aromatic heterocycles. The Morgan fingerprint density at radius 3 is 3.00 bits per heavy atom. The van der Waals surface area contributed by atoms with E-state index in [9.17, 15) is 9.00 Å². The third kappa shape index (κ3) is 5.61. The van der Waals surface area contributed by atoms with Gasteiger partial charge in [0.25, 0.3) is 0 Å². The highest BCUT2D eigenvalue weighted by Crippen LogP contribution is 2.15. The molecule has 0 bridgehead atoms. The summed E-state index contributed by atoms with van der Waals surface area (Å²) in [4.78, 5) is 11.3. The number of nitrogens with one attached hydrogen (secondary N) is 1. The Morgan fingerprint density at radius 2 is 2.41 bits per heavy atom. The van der Waals surface area contributed by atoms with E-state index in [1.54, 1.807) is 0 Å². The second-order valence-corrected chi connectivity index (χ2v) is 5.89. The average Bonchev–Trinajstić information content (AvgIpc) is 2.79. The number of carbonyl (C=O) groups is 1. The third-order valence-corrected chi connectivity index (χ3v) is 4.15. The van der Waals surface area contributed by atoms with E-state index in [-0.39, 0.29) is 23.6 Å². The van der Waals surface area contributed by atoms with Crippen LogP contribution < -0.4 is 11.1 Å². The SMILES string of the molecule is CCCNC(=O)CS(=O)CC(N)C1CCOC1. The van der Waals surface area contributed by atoms with E-state index in [0.29, 0.717) is 18.9 Å². The number of carbonyl (C=O) groups excluding carboxylic acids is 1. The van der Waals surface area contributed by atoms with Gasteiger partial charge in [0.2, 0.25) is 5.91 Å². The van der Waals surface area contributed by atoms with Gasteiger partial charge in [-0.3, -0.25) is 9.00 Å². The van der Waals surface area contributed by atoms with Gasteiger partial charge in [-0.25, -0.2) is 0 Å². The van der Waals surface area contributed by atoms with Gasteiger partial charge in [0, 0.05) is 41.7 Å². The van der Waals surface area contributed by atoms with Crippen molar-refractivity contribution < 1.29 is 13.7 Å². The molecule has 1 rings (SSSR count). The monoisotopic (exact) mass is 262 g/mol. The topological polar surface area (TPSA) is 81.4 Å². The molecule has 0 aromatic carbocycles. The molecular formula is C11H22N2O3S. The quantitative estimate of drug-likeness (QED) is 0.655. The van der Waals surface area contributed by atoms with Crippen molar-refractivity contribution in [3.8, 4) is 0 Å². The molecule has 6 heteroatoms. The van der Waals surface area contributed by atoms with E-state index in [4.69, 9.17) is 10.5 Å². The lowest BCUT2D eigenvalue weighted by atomic mass is 10.0. The fourth-order valence-corrected chi connectivity index (χ4v) is 2.98. The number of nitrogens with two attached hydrogens (primary N) is 1. The van der Waals surface area contributed by atoms with E-state index in [1.165, 1.54) is 0 Å². The molecule has 0 radical (unpaired) electrons. The Labute approximate surface area is 105 Å². The Kier molecular flexibility index (Phi) is 6.69. The van der Waals surface area contributed by atoms with Gasteiger partial charge in [0.15, 0.2) is 0 Å². The smallest absolute Gasteiger partial charge is 0.232 e. The maximum Gasteiger partial charge on any atom is 0.232 e. The minimum absolute atomic E-state index is 0.0568. The lowest BCUT2D eigenvalue weighted by molar-refractivity contribution is -0.118. The van der Waals surface area contributed by atoms with Gasteiger partial charge in [0.05, 0.1) is 6.61 Å². The molecule has 3 atom stereocenters. The summed E-state index contributed by atoms with van der Waals surface area (Å²) in [6.07, 6.45) is 1.82. The van der Waals surface area contributed by atoms with Gasteiger partial charge < -0.3 is 15.8 Å². The van der Waals surface area contributed by atoms with E-state index >= 15 is 0 Å². The van der Waals surface area contributed by atoms with Gasteiger partial charge in [-0.15, -0.1) is 0 Å². The number of ether oxygens (including phenoxy) is 1. The number of amides is 1. The summed E-state index contributed by atoms with van der Waals surface area (Å²) in [6, 6.07) is -0.127. The minimum Gasteiger partial charge on any atom is -0.381 e. The zero-order chi connectivity index (χ0) is 12.7. The lowest BCUT2D eigenvalue weighted by Gasteiger charge is -2.16. The first-order chi connectivity index (χ1) is 8.13. The van der Waals surface area contributed by atoms with Gasteiger partial charge in [-0.05, 0) is 12.8 Å². The molecular weight excluding hydrogens is 240 g/mol. The molecule has 1 amide bonds. The molecule has 1 aliphatic heterocycles. The molecule has 1 heterocycles. The maximum absolute atomic E-state index is 11.7. The predicted octanol–water partition coefficient (Wildman–Crippen LogP) is -0.375. The molecule has 3 unspecified atom stereocenters. The molecule has 1 saturated heterocycles. The van der Waals surface area contributed by atoms with E-state index in [1.807, 2.05) is 6.92 Å². The van der Waals surface area contributed by atoms with E-state index in [2.05, 4.69) is 5.32 Å². The fourth-order valence-electron chi connectivity index (χ4n) is 1.76. The summed E-state index contributed by atoms with van der Waals surface area (Å²) < 4.78 is 16.9. The molecule has 3 N–H and O–H groups in total. The molecule has 1 aliphatic rings. The largest absolute Gasteiger partial charge is 0.381 e. The van der Waals surface area contributed by atoms with Crippen molar-refractivity contribution in [2.24, 2.45) is 11.7 Å². The van der Waals surface area contributed by atoms with Crippen LogP contribution in [-0.4, -0.2) is 47.4 Å². The van der Waals surface area contributed by atoms with Crippen molar-refractivity contribution in [2.75, 3.05) is 31.3 Å². The summed E-state index contributed by atoms with van der Waals surface area (Å²) in [5, 5.41) is 2.71. The highest BCUT2D eigenvalue weighted by molar-refractivity contribution is 7.85. The van der Waals surface area contributed by atoms with Crippen molar-refractivity contribution >= 4 is 16.7 Å². The molecule has 0 aromatic rings. The zero-order valence-electron chi connectivity index (χ0n) is 10.3. The van der Waals surface area contributed by atoms with Crippen molar-refractivity contribution in [1.29, 1.82) is 0 Å². The minimum atomic E-state index is -1.17. The molecule has 0 spiro atoms. The maximum atomic E-state index is 11.7. The standard InChI is InChI=1S/C11H22N2O3S/c1-2-4-13-11(14)8-17(15)7-10(12)9-3-5-16-6-9/h9-10H,2-8,12H2,1H3,(H,13,14). The van der Waals surface area contributed by atoms with Crippen LogP contribution in [0.2, 0.25) is 0 Å². The van der Waals surface area contributed by atoms with Gasteiger partial charge in [-0.1, -0.05) is 6.92 Å². The van der Waals surface area contributed by atoms with Crippen LogP contribution in [-0.2, 0) is 20.3 Å². The van der Waals surface area contributed by atoms with Gasteiger partial charge in [0.1, 0.15) is 5.75 Å². The average molecular weight is 262 g/mol. The Morgan fingerprint density at radius 1 is 1.65 bits per heavy atom. The first-order valence-corrected chi connectivity index (χ1v) is 7.57. The summed E-state index contributed by atoms with van der Waals surface area (Å²) in [6.45, 7) is 4.01. The number of hydrogen-bond acceptors (Lipinski definition) is 4. The summed E-state index contributed by atoms with van der Waals surface area (Å²) in [5.41, 5.74) is 5.95. The number of rotatable bonds is 7. The first kappa shape index (κ1) is 14.6. The second-order valence-electron chi connectivity index (χ2n) is 4.39. The van der Waals surface area contributed by atoms with E-state index in [0.717, 1.165) is 19.4 Å². The molecule has 5 nitrogen and oxygen atoms in total. The first-order valence-electron chi connectivity index (χ1n) is 6.08. The predicted molar refractivity (Wildman–Crippen MR) is 68.1 cm³/mol. The number of hydrogen-bond donors (Lipinski definition) is 2. The van der Waals surface area contributed by atoms with Crippen LogP contribution in [0.3, 0.4) is 0 Å². The molecule has 100 valence electrons. The lowest BCUT2D eigenvalue weighted by Crippen LogP contribution is -2.38. The molecule has 0 aliphatic carbocycles. The summed E-state index contributed by atoms with van der Waals surface area (Å²) >= 11 is 0. The van der Waals surface area contributed by atoms with Crippen LogP contribution >= 0.6 is 0 Å². The second kappa shape index (κ2) is 7.79. The van der Waals surface area contributed by atoms with Crippen LogP contribution in [0.15, 0.2) is 0 Å². The molecule has 1 fully saturated rings. The Balaban J connectivity index is 2.21. The fraction of sp³-hybridized carbons (Fsp3) is 0.909. The van der Waals surface area contributed by atoms with Gasteiger partial charge in [-0.2, -0.15) is 0 Å². The summed E-state index contributed by atoms with van der Waals surface area (Å²) in [5.74, 6) is 0.576. The van der Waals surface area contributed by atoms with Crippen LogP contribution in [0.5, 0.6) is 0 Å². The van der Waals surface area contributed by atoms with Crippen molar-refractivity contribution in [3.05, 3.63) is 0 Å². The normalized spacial score (nSPS) is 23.3. The third-order valence-electron chi connectivity index (χ3n) is 2.81. The molecule has 0 saturated carbocycles. The summed E-state index contributed by atoms with van der Waals surface area (Å²) in [7, 11) is -1.17. The van der Waals surface area contributed by atoms with E-state index < -0.39 is 10.8 Å². The highest BCUT2D eigenvalue weighted by atomic mass is 32.2. The Hall–Kier alpha value is -0.460. The van der Waals surface area contributed by atoms with Crippen molar-refractivity contribution in [2.45, 2.75) is 25.8 Å². The molecule has 17 heavy (non-hydrogen) atoms. The highest BCUT2D eigenvalue weighted by Gasteiger charge is 2.24. The Bertz CT molecular complexity index is 267. The van der Waals surface area contributed by atoms with Crippen LogP contribution in [0.1, 0.15) is 19.8 Å². The van der Waals surface area contributed by atoms with Crippen molar-refractivity contribution in [1.82, 2.24) is 5.32 Å². The van der Waals surface area contributed by atoms with Crippen LogP contribution in [0, 0.1) is 5.92 Å². The van der Waals surface area contributed by atoms with Crippen LogP contribution in [0.25, 0.3) is 0 Å². The van der Waals surface area contributed by atoms with Crippen LogP contribution in [0.4, 0.5) is 0 Å². The van der Waals surface area contributed by atoms with Gasteiger partial charge >= 0.3 is 0 Å². The zero-order valence-corrected chi connectivity index (χ0v) is 11.1. The van der Waals surface area contributed by atoms with Crippen molar-refractivity contribution in [3.63, 3.8) is 0 Å².